The van der Waals surface area contributed by atoms with E-state index < -0.39 is 52.8 Å². The van der Waals surface area contributed by atoms with Crippen LogP contribution in [-0.4, -0.2) is 42.2 Å². The zero-order chi connectivity index (χ0) is 22.9. The Hall–Kier alpha value is -3.16. The van der Waals surface area contributed by atoms with Crippen molar-refractivity contribution in [3.63, 3.8) is 0 Å². The second-order valence-corrected chi connectivity index (χ2v) is 8.62. The van der Waals surface area contributed by atoms with Crippen molar-refractivity contribution in [3.8, 4) is 11.9 Å². The van der Waals surface area contributed by atoms with Crippen molar-refractivity contribution in [1.82, 2.24) is 4.57 Å². The third-order valence-corrected chi connectivity index (χ3v) is 5.64. The third kappa shape index (κ3) is 4.53. The van der Waals surface area contributed by atoms with Crippen LogP contribution in [0.15, 0.2) is 43.0 Å². The van der Waals surface area contributed by atoms with Gasteiger partial charge in [0.2, 0.25) is 5.88 Å². The second kappa shape index (κ2) is 8.30. The molecular weight excluding hydrogens is 442 g/mol. The molecule has 0 bridgehead atoms. The van der Waals surface area contributed by atoms with Crippen LogP contribution in [0, 0.1) is 18.3 Å². The molecule has 1 heterocycles. The summed E-state index contributed by atoms with van der Waals surface area (Å²) in [7, 11) is -9.63. The normalized spacial score (nSPS) is 12.2. The molecule has 0 amide bonds. The molecule has 1 aromatic carbocycles. The molecule has 0 saturated heterocycles. The minimum Gasteiger partial charge on any atom is -0.493 e. The van der Waals surface area contributed by atoms with Gasteiger partial charge in [-0.1, -0.05) is 0 Å². The van der Waals surface area contributed by atoms with E-state index in [1.807, 2.05) is 0 Å². The molecule has 160 valence electrons. The van der Waals surface area contributed by atoms with Crippen molar-refractivity contribution >= 4 is 31.6 Å². The molecule has 0 aliphatic carbocycles. The van der Waals surface area contributed by atoms with E-state index >= 15 is 0 Å². The lowest BCUT2D eigenvalue weighted by Crippen LogP contribution is -2.25. The van der Waals surface area contributed by atoms with Crippen molar-refractivity contribution in [2.75, 3.05) is 6.54 Å². The fraction of sp³-hybridized carbons (Fsp3) is 0.200. The summed E-state index contributed by atoms with van der Waals surface area (Å²) in [6.45, 7) is 1.04. The fourth-order valence-electron chi connectivity index (χ4n) is 2.45. The summed E-state index contributed by atoms with van der Waals surface area (Å²) < 4.78 is 64.9. The van der Waals surface area contributed by atoms with Crippen LogP contribution in [0.1, 0.15) is 11.1 Å². The molecule has 0 saturated carbocycles. The van der Waals surface area contributed by atoms with Crippen LogP contribution in [0.5, 0.6) is 5.88 Å². The van der Waals surface area contributed by atoms with Gasteiger partial charge < -0.3 is 10.8 Å². The Labute approximate surface area is 170 Å². The Bertz CT molecular complexity index is 1350. The first kappa shape index (κ1) is 23.1. The maximum Gasteiger partial charge on any atom is 0.296 e. The Kier molecular flexibility index (Phi) is 6.39. The summed E-state index contributed by atoms with van der Waals surface area (Å²) >= 11 is 0. The number of hydrogen-bond acceptors (Lipinski definition) is 10. The SMILES string of the molecule is Cc1c(C#N)c(O)n(CCN)c(=O)c1N=Nc1cc(S(=O)(=O)O)ccc1S(=O)(=O)O. The van der Waals surface area contributed by atoms with E-state index in [9.17, 15) is 36.6 Å². The third-order valence-electron chi connectivity index (χ3n) is 3.89. The van der Waals surface area contributed by atoms with Crippen LogP contribution in [0.25, 0.3) is 0 Å². The number of nitriles is 1. The number of benzene rings is 1. The van der Waals surface area contributed by atoms with Gasteiger partial charge in [0, 0.05) is 18.7 Å². The molecule has 13 nitrogen and oxygen atoms in total. The highest BCUT2D eigenvalue weighted by Crippen LogP contribution is 2.31. The van der Waals surface area contributed by atoms with E-state index in [-0.39, 0.29) is 24.2 Å². The maximum atomic E-state index is 12.6. The number of nitrogens with two attached hydrogens (primary N) is 1. The predicted molar refractivity (Wildman–Crippen MR) is 101 cm³/mol. The minimum atomic E-state index is -4.88. The van der Waals surface area contributed by atoms with Gasteiger partial charge in [-0.25, -0.2) is 0 Å². The number of rotatable bonds is 6. The Morgan fingerprint density at radius 2 is 1.80 bits per heavy atom. The molecule has 0 radical (unpaired) electrons. The van der Waals surface area contributed by atoms with Crippen LogP contribution in [0.4, 0.5) is 11.4 Å². The second-order valence-electron chi connectivity index (χ2n) is 5.81. The van der Waals surface area contributed by atoms with Gasteiger partial charge in [0.15, 0.2) is 5.69 Å². The zero-order valence-corrected chi connectivity index (χ0v) is 16.8. The molecule has 1 aromatic heterocycles. The van der Waals surface area contributed by atoms with Gasteiger partial charge in [0.25, 0.3) is 25.8 Å². The van der Waals surface area contributed by atoms with Crippen LogP contribution in [0.3, 0.4) is 0 Å². The monoisotopic (exact) mass is 457 g/mol. The molecule has 0 spiro atoms. The highest BCUT2D eigenvalue weighted by atomic mass is 32.2. The standard InChI is InChI=1S/C15H15N5O8S2/c1-8-10(7-17)14(21)20(5-4-16)15(22)13(8)19-18-11-6-9(29(23,24)25)2-3-12(11)30(26,27)28/h2-3,6,21H,4-5,16H2,1H3,(H,23,24,25)(H,26,27,28). The number of azo groups is 1. The molecule has 15 heteroatoms. The fourth-order valence-corrected chi connectivity index (χ4v) is 3.56. The summed E-state index contributed by atoms with van der Waals surface area (Å²) in [4.78, 5) is 11.0. The van der Waals surface area contributed by atoms with Crippen molar-refractivity contribution < 1.29 is 31.0 Å². The Morgan fingerprint density at radius 1 is 1.17 bits per heavy atom. The number of pyridine rings is 1. The van der Waals surface area contributed by atoms with Gasteiger partial charge in [-0.3, -0.25) is 18.5 Å². The van der Waals surface area contributed by atoms with E-state index in [4.69, 9.17) is 10.3 Å². The summed E-state index contributed by atoms with van der Waals surface area (Å²) in [6.07, 6.45) is 0. The topological polar surface area (TPSA) is 225 Å². The van der Waals surface area contributed by atoms with Gasteiger partial charge >= 0.3 is 0 Å². The van der Waals surface area contributed by atoms with Crippen molar-refractivity contribution in [2.45, 2.75) is 23.3 Å². The van der Waals surface area contributed by atoms with Crippen molar-refractivity contribution in [1.29, 1.82) is 5.26 Å². The molecule has 30 heavy (non-hydrogen) atoms. The first-order valence-electron chi connectivity index (χ1n) is 7.90. The lowest BCUT2D eigenvalue weighted by atomic mass is 10.1. The molecule has 0 fully saturated rings. The highest BCUT2D eigenvalue weighted by Gasteiger charge is 2.22. The molecule has 0 atom stereocenters. The molecule has 2 aromatic rings. The summed E-state index contributed by atoms with van der Waals surface area (Å²) in [5.74, 6) is -0.642. The summed E-state index contributed by atoms with van der Waals surface area (Å²) in [6, 6.07) is 3.69. The molecule has 0 aliphatic heterocycles. The molecule has 0 unspecified atom stereocenters. The highest BCUT2D eigenvalue weighted by molar-refractivity contribution is 7.86. The van der Waals surface area contributed by atoms with E-state index in [0.717, 1.165) is 4.57 Å². The van der Waals surface area contributed by atoms with Crippen LogP contribution in [0.2, 0.25) is 0 Å². The van der Waals surface area contributed by atoms with Crippen LogP contribution < -0.4 is 11.3 Å². The van der Waals surface area contributed by atoms with E-state index in [0.29, 0.717) is 18.2 Å². The average Bonchev–Trinajstić information content (AvgIpc) is 2.63. The van der Waals surface area contributed by atoms with Gasteiger partial charge in [-0.2, -0.15) is 22.1 Å². The Morgan fingerprint density at radius 3 is 2.30 bits per heavy atom. The van der Waals surface area contributed by atoms with Crippen LogP contribution >= 0.6 is 0 Å². The van der Waals surface area contributed by atoms with Crippen molar-refractivity contribution in [3.05, 3.63) is 39.7 Å². The number of nitrogens with zero attached hydrogens (tertiary/aromatic N) is 4. The van der Waals surface area contributed by atoms with Gasteiger partial charge in [0.05, 0.1) is 4.90 Å². The average molecular weight is 457 g/mol. The van der Waals surface area contributed by atoms with E-state index in [1.165, 1.54) is 6.92 Å². The zero-order valence-electron chi connectivity index (χ0n) is 15.2. The number of hydrogen-bond donors (Lipinski definition) is 4. The van der Waals surface area contributed by atoms with Gasteiger partial charge in [-0.05, 0) is 25.1 Å². The number of aromatic hydroxyl groups is 1. The first-order chi connectivity index (χ1) is 13.8. The Balaban J connectivity index is 2.81. The van der Waals surface area contributed by atoms with Crippen molar-refractivity contribution in [2.24, 2.45) is 16.0 Å². The maximum absolute atomic E-state index is 12.6. The predicted octanol–water partition coefficient (Wildman–Crippen LogP) is 0.602. The van der Waals surface area contributed by atoms with Gasteiger partial charge in [0.1, 0.15) is 22.2 Å². The molecule has 0 aliphatic rings. The smallest absolute Gasteiger partial charge is 0.296 e. The first-order valence-corrected chi connectivity index (χ1v) is 10.8. The quantitative estimate of drug-likeness (QED) is 0.349. The lowest BCUT2D eigenvalue weighted by molar-refractivity contribution is 0.405. The molecule has 2 rings (SSSR count). The largest absolute Gasteiger partial charge is 0.493 e. The lowest BCUT2D eigenvalue weighted by Gasteiger charge is -2.12. The van der Waals surface area contributed by atoms with E-state index in [1.54, 1.807) is 6.07 Å². The molecule has 5 N–H and O–H groups in total. The molecular formula is C15H15N5O8S2. The number of aromatic nitrogens is 1. The van der Waals surface area contributed by atoms with Crippen LogP contribution in [-0.2, 0) is 26.8 Å². The van der Waals surface area contributed by atoms with E-state index in [2.05, 4.69) is 10.2 Å². The summed E-state index contributed by atoms with van der Waals surface area (Å²) in [5.41, 5.74) is 2.92. The summed E-state index contributed by atoms with van der Waals surface area (Å²) in [5, 5.41) is 26.4. The minimum absolute atomic E-state index is 0.0682. The van der Waals surface area contributed by atoms with Gasteiger partial charge in [-0.15, -0.1) is 10.2 Å².